The molecular weight excluding hydrogens is 312 g/mol. The van der Waals surface area contributed by atoms with Crippen LogP contribution in [0.2, 0.25) is 0 Å². The van der Waals surface area contributed by atoms with Crippen LogP contribution in [0.1, 0.15) is 39.0 Å². The predicted octanol–water partition coefficient (Wildman–Crippen LogP) is 4.67. The Hall–Kier alpha value is -1.41. The summed E-state index contributed by atoms with van der Waals surface area (Å²) in [6.07, 6.45) is 4.09. The molecule has 0 aromatic heterocycles. The van der Waals surface area contributed by atoms with E-state index in [1.165, 1.54) is 24.0 Å². The second-order valence-electron chi connectivity index (χ2n) is 5.52. The minimum absolute atomic E-state index is 0.196. The van der Waals surface area contributed by atoms with Crippen LogP contribution in [0.3, 0.4) is 0 Å². The van der Waals surface area contributed by atoms with Crippen LogP contribution in [0.4, 0.5) is 0 Å². The molecule has 0 saturated heterocycles. The molecule has 0 amide bonds. The van der Waals surface area contributed by atoms with Gasteiger partial charge in [-0.15, -0.1) is 0 Å². The van der Waals surface area contributed by atoms with E-state index in [1.54, 1.807) is 0 Å². The topological polar surface area (TPSA) is 17.1 Å². The lowest BCUT2D eigenvalue weighted by molar-refractivity contribution is 0.0992. The molecule has 0 saturated carbocycles. The molecule has 1 aliphatic carbocycles. The Labute approximate surface area is 128 Å². The molecule has 2 aromatic rings. The molecule has 0 fully saturated rings. The van der Waals surface area contributed by atoms with Crippen molar-refractivity contribution in [1.29, 1.82) is 0 Å². The summed E-state index contributed by atoms with van der Waals surface area (Å²) in [5, 5.41) is 0. The van der Waals surface area contributed by atoms with E-state index in [1.807, 2.05) is 25.1 Å². The highest BCUT2D eigenvalue weighted by Crippen LogP contribution is 2.24. The number of carbonyl (C=O) groups excluding carboxylic acids is 1. The summed E-state index contributed by atoms with van der Waals surface area (Å²) in [6.45, 7) is 1.99. The summed E-state index contributed by atoms with van der Waals surface area (Å²) in [5.41, 5.74) is 5.88. The Kier molecular flexibility index (Phi) is 3.75. The van der Waals surface area contributed by atoms with Crippen LogP contribution >= 0.6 is 15.9 Å². The first-order valence-electron chi connectivity index (χ1n) is 7.03. The van der Waals surface area contributed by atoms with E-state index in [-0.39, 0.29) is 5.78 Å². The van der Waals surface area contributed by atoms with Crippen molar-refractivity contribution in [2.75, 3.05) is 0 Å². The van der Waals surface area contributed by atoms with Crippen molar-refractivity contribution in [3.8, 4) is 0 Å². The van der Waals surface area contributed by atoms with Crippen LogP contribution in [-0.2, 0) is 19.3 Å². The Morgan fingerprint density at radius 3 is 2.75 bits per heavy atom. The number of fused-ring (bicyclic) bond motifs is 1. The maximum Gasteiger partial charge on any atom is 0.167 e. The van der Waals surface area contributed by atoms with Crippen LogP contribution in [0.15, 0.2) is 40.9 Å². The zero-order valence-electron chi connectivity index (χ0n) is 11.6. The van der Waals surface area contributed by atoms with Gasteiger partial charge in [0.15, 0.2) is 5.78 Å². The summed E-state index contributed by atoms with van der Waals surface area (Å²) in [6, 6.07) is 12.4. The lowest BCUT2D eigenvalue weighted by Gasteiger charge is -2.07. The highest BCUT2D eigenvalue weighted by Gasteiger charge is 2.14. The van der Waals surface area contributed by atoms with E-state index in [4.69, 9.17) is 0 Å². The van der Waals surface area contributed by atoms with Gasteiger partial charge in [0.05, 0.1) is 0 Å². The third-order valence-electron chi connectivity index (χ3n) is 4.03. The average molecular weight is 329 g/mol. The molecule has 0 N–H and O–H groups in total. The fourth-order valence-electron chi connectivity index (χ4n) is 2.91. The third kappa shape index (κ3) is 2.71. The summed E-state index contributed by atoms with van der Waals surface area (Å²) in [5.74, 6) is 0.196. The van der Waals surface area contributed by atoms with Gasteiger partial charge in [-0.25, -0.2) is 0 Å². The Balaban J connectivity index is 1.84. The van der Waals surface area contributed by atoms with Crippen LogP contribution in [0, 0.1) is 6.92 Å². The second kappa shape index (κ2) is 5.53. The van der Waals surface area contributed by atoms with Gasteiger partial charge in [0, 0.05) is 16.5 Å². The van der Waals surface area contributed by atoms with Gasteiger partial charge in [-0.2, -0.15) is 0 Å². The van der Waals surface area contributed by atoms with E-state index in [9.17, 15) is 4.79 Å². The first-order chi connectivity index (χ1) is 9.63. The van der Waals surface area contributed by atoms with E-state index in [2.05, 4.69) is 34.1 Å². The summed E-state index contributed by atoms with van der Waals surface area (Å²) >= 11 is 3.44. The second-order valence-corrected chi connectivity index (χ2v) is 6.43. The molecule has 102 valence electrons. The molecule has 0 spiro atoms. The van der Waals surface area contributed by atoms with Crippen molar-refractivity contribution in [1.82, 2.24) is 0 Å². The van der Waals surface area contributed by atoms with Gasteiger partial charge in [-0.3, -0.25) is 4.79 Å². The monoisotopic (exact) mass is 328 g/mol. The van der Waals surface area contributed by atoms with Crippen molar-refractivity contribution in [2.24, 2.45) is 0 Å². The van der Waals surface area contributed by atoms with E-state index < -0.39 is 0 Å². The SMILES string of the molecule is Cc1ccc(Br)cc1C(=O)Cc1ccc2c(c1)CCC2. The molecule has 0 radical (unpaired) electrons. The van der Waals surface area contributed by atoms with Crippen LogP contribution in [0.25, 0.3) is 0 Å². The standard InChI is InChI=1S/C18H17BrO/c1-12-5-8-16(19)11-17(12)18(20)10-13-6-7-14-3-2-4-15(14)9-13/h5-9,11H,2-4,10H2,1H3. The molecular formula is C18H17BrO. The Bertz CT molecular complexity index is 673. The number of Topliss-reactive ketones (excluding diaryl/α,β-unsaturated/α-hetero) is 1. The van der Waals surface area contributed by atoms with E-state index in [0.29, 0.717) is 6.42 Å². The van der Waals surface area contributed by atoms with Crippen molar-refractivity contribution in [3.05, 3.63) is 68.7 Å². The van der Waals surface area contributed by atoms with Gasteiger partial charge < -0.3 is 0 Å². The number of hydrogen-bond acceptors (Lipinski definition) is 1. The minimum atomic E-state index is 0.196. The average Bonchev–Trinajstić information content (AvgIpc) is 2.89. The zero-order chi connectivity index (χ0) is 14.1. The maximum atomic E-state index is 12.5. The van der Waals surface area contributed by atoms with Gasteiger partial charge >= 0.3 is 0 Å². The largest absolute Gasteiger partial charge is 0.294 e. The fourth-order valence-corrected chi connectivity index (χ4v) is 3.27. The van der Waals surface area contributed by atoms with Crippen molar-refractivity contribution in [2.45, 2.75) is 32.6 Å². The van der Waals surface area contributed by atoms with Crippen molar-refractivity contribution < 1.29 is 4.79 Å². The quantitative estimate of drug-likeness (QED) is 0.748. The summed E-state index contributed by atoms with van der Waals surface area (Å²) in [4.78, 5) is 12.5. The lowest BCUT2D eigenvalue weighted by Crippen LogP contribution is -2.06. The number of halogens is 1. The van der Waals surface area contributed by atoms with Crippen LogP contribution < -0.4 is 0 Å². The number of rotatable bonds is 3. The fraction of sp³-hybridized carbons (Fsp3) is 0.278. The molecule has 0 heterocycles. The normalized spacial score (nSPS) is 13.3. The third-order valence-corrected chi connectivity index (χ3v) is 4.52. The lowest BCUT2D eigenvalue weighted by atomic mass is 9.97. The molecule has 0 unspecified atom stereocenters. The van der Waals surface area contributed by atoms with Gasteiger partial charge in [-0.05, 0) is 60.6 Å². The first-order valence-corrected chi connectivity index (χ1v) is 7.83. The van der Waals surface area contributed by atoms with E-state index >= 15 is 0 Å². The number of ketones is 1. The molecule has 0 atom stereocenters. The van der Waals surface area contributed by atoms with Gasteiger partial charge in [0.2, 0.25) is 0 Å². The maximum absolute atomic E-state index is 12.5. The molecule has 20 heavy (non-hydrogen) atoms. The summed E-state index contributed by atoms with van der Waals surface area (Å²) < 4.78 is 0.959. The summed E-state index contributed by atoms with van der Waals surface area (Å²) in [7, 11) is 0. The smallest absolute Gasteiger partial charge is 0.167 e. The zero-order valence-corrected chi connectivity index (χ0v) is 13.2. The molecule has 2 heteroatoms. The van der Waals surface area contributed by atoms with E-state index in [0.717, 1.165) is 27.6 Å². The molecule has 1 aliphatic rings. The first kappa shape index (κ1) is 13.6. The molecule has 1 nitrogen and oxygen atoms in total. The molecule has 0 aliphatic heterocycles. The number of carbonyl (C=O) groups is 1. The number of hydrogen-bond donors (Lipinski definition) is 0. The minimum Gasteiger partial charge on any atom is -0.294 e. The Morgan fingerprint density at radius 2 is 1.90 bits per heavy atom. The highest BCUT2D eigenvalue weighted by molar-refractivity contribution is 9.10. The van der Waals surface area contributed by atoms with Gasteiger partial charge in [0.25, 0.3) is 0 Å². The van der Waals surface area contributed by atoms with Crippen LogP contribution in [-0.4, -0.2) is 5.78 Å². The predicted molar refractivity (Wildman–Crippen MR) is 85.4 cm³/mol. The molecule has 3 rings (SSSR count). The van der Waals surface area contributed by atoms with Crippen molar-refractivity contribution in [3.63, 3.8) is 0 Å². The number of benzene rings is 2. The number of aryl methyl sites for hydroxylation is 3. The Morgan fingerprint density at radius 1 is 1.10 bits per heavy atom. The highest BCUT2D eigenvalue weighted by atomic mass is 79.9. The van der Waals surface area contributed by atoms with Gasteiger partial charge in [-0.1, -0.05) is 40.2 Å². The molecule has 0 bridgehead atoms. The molecule has 2 aromatic carbocycles. The van der Waals surface area contributed by atoms with Crippen molar-refractivity contribution >= 4 is 21.7 Å². The van der Waals surface area contributed by atoms with Crippen LogP contribution in [0.5, 0.6) is 0 Å². The van der Waals surface area contributed by atoms with Gasteiger partial charge in [0.1, 0.15) is 0 Å².